The van der Waals surface area contributed by atoms with Crippen LogP contribution in [0.15, 0.2) is 24.3 Å². The number of nitrogens with zero attached hydrogens (tertiary/aromatic N) is 2. The highest BCUT2D eigenvalue weighted by atomic mass is 16.3. The van der Waals surface area contributed by atoms with Crippen molar-refractivity contribution in [3.8, 4) is 0 Å². The molecule has 2 saturated heterocycles. The third-order valence-electron chi connectivity index (χ3n) is 5.95. The van der Waals surface area contributed by atoms with Gasteiger partial charge >= 0.3 is 0 Å². The van der Waals surface area contributed by atoms with E-state index in [0.717, 1.165) is 51.0 Å². The van der Waals surface area contributed by atoms with E-state index in [9.17, 15) is 9.90 Å². The fraction of sp³-hybridized carbons (Fsp3) is 0.667. The summed E-state index contributed by atoms with van der Waals surface area (Å²) in [6.07, 6.45) is 4.49. The molecule has 2 atom stereocenters. The normalized spacial score (nSPS) is 26.0. The Kier molecular flexibility index (Phi) is 6.13. The predicted molar refractivity (Wildman–Crippen MR) is 100 cm³/mol. The average molecular weight is 344 g/mol. The molecule has 0 spiro atoms. The highest BCUT2D eigenvalue weighted by molar-refractivity contribution is 5.94. The van der Waals surface area contributed by atoms with Crippen molar-refractivity contribution in [3.05, 3.63) is 35.4 Å². The molecule has 0 aliphatic carbocycles. The number of carbonyl (C=O) groups is 1. The van der Waals surface area contributed by atoms with E-state index < -0.39 is 0 Å². The SMILES string of the molecule is CC1CCC(C)N(C(=O)c2ccc(CN3CCC(CO)CC3)cc2)C1. The second-order valence-corrected chi connectivity index (χ2v) is 8.09. The molecule has 0 saturated carbocycles. The lowest BCUT2D eigenvalue weighted by Crippen LogP contribution is -2.44. The van der Waals surface area contributed by atoms with Gasteiger partial charge in [-0.05, 0) is 75.2 Å². The standard InChI is InChI=1S/C21H32N2O2/c1-16-3-4-17(2)23(13-16)21(25)20-7-5-18(6-8-20)14-22-11-9-19(15-24)10-12-22/h5-8,16-17,19,24H,3-4,9-15H2,1-2H3. The average Bonchev–Trinajstić information content (AvgIpc) is 2.64. The molecular formula is C21H32N2O2. The maximum Gasteiger partial charge on any atom is 0.254 e. The van der Waals surface area contributed by atoms with Gasteiger partial charge in [-0.15, -0.1) is 0 Å². The zero-order chi connectivity index (χ0) is 17.8. The van der Waals surface area contributed by atoms with Crippen molar-refractivity contribution in [3.63, 3.8) is 0 Å². The Morgan fingerprint density at radius 2 is 1.76 bits per heavy atom. The Morgan fingerprint density at radius 3 is 2.40 bits per heavy atom. The molecule has 1 N–H and O–H groups in total. The first-order valence-corrected chi connectivity index (χ1v) is 9.80. The fourth-order valence-electron chi connectivity index (χ4n) is 4.08. The molecule has 4 nitrogen and oxygen atoms in total. The maximum absolute atomic E-state index is 12.8. The number of piperidine rings is 2. The molecule has 2 unspecified atom stereocenters. The highest BCUT2D eigenvalue weighted by Crippen LogP contribution is 2.24. The molecule has 0 bridgehead atoms. The maximum atomic E-state index is 12.8. The third-order valence-corrected chi connectivity index (χ3v) is 5.95. The second kappa shape index (κ2) is 8.33. The zero-order valence-electron chi connectivity index (χ0n) is 15.7. The van der Waals surface area contributed by atoms with Crippen LogP contribution in [0.5, 0.6) is 0 Å². The van der Waals surface area contributed by atoms with Crippen LogP contribution in [0.25, 0.3) is 0 Å². The molecule has 0 radical (unpaired) electrons. The smallest absolute Gasteiger partial charge is 0.254 e. The highest BCUT2D eigenvalue weighted by Gasteiger charge is 2.27. The Bertz CT molecular complexity index is 564. The summed E-state index contributed by atoms with van der Waals surface area (Å²) in [7, 11) is 0. The summed E-state index contributed by atoms with van der Waals surface area (Å²) in [6, 6.07) is 8.53. The molecule has 3 rings (SSSR count). The molecule has 1 aromatic carbocycles. The van der Waals surface area contributed by atoms with Crippen molar-refractivity contribution in [2.24, 2.45) is 11.8 Å². The van der Waals surface area contributed by atoms with Crippen LogP contribution in [0.1, 0.15) is 55.5 Å². The van der Waals surface area contributed by atoms with Gasteiger partial charge < -0.3 is 10.0 Å². The van der Waals surface area contributed by atoms with E-state index in [1.54, 1.807) is 0 Å². The number of rotatable bonds is 4. The number of aliphatic hydroxyl groups is 1. The molecule has 138 valence electrons. The summed E-state index contributed by atoms with van der Waals surface area (Å²) in [5.41, 5.74) is 2.07. The van der Waals surface area contributed by atoms with Gasteiger partial charge in [-0.3, -0.25) is 9.69 Å². The van der Waals surface area contributed by atoms with Crippen molar-refractivity contribution in [2.75, 3.05) is 26.2 Å². The summed E-state index contributed by atoms with van der Waals surface area (Å²) in [4.78, 5) is 17.3. The molecule has 4 heteroatoms. The molecule has 0 aromatic heterocycles. The largest absolute Gasteiger partial charge is 0.396 e. The minimum absolute atomic E-state index is 0.175. The summed E-state index contributed by atoms with van der Waals surface area (Å²) in [6.45, 7) is 8.62. The fourth-order valence-corrected chi connectivity index (χ4v) is 4.08. The summed E-state index contributed by atoms with van der Waals surface area (Å²) >= 11 is 0. The minimum atomic E-state index is 0.175. The van der Waals surface area contributed by atoms with E-state index in [2.05, 4.69) is 30.9 Å². The molecule has 2 fully saturated rings. The van der Waals surface area contributed by atoms with E-state index in [1.165, 1.54) is 12.0 Å². The van der Waals surface area contributed by atoms with E-state index in [0.29, 0.717) is 24.5 Å². The first-order valence-electron chi connectivity index (χ1n) is 9.80. The van der Waals surface area contributed by atoms with Crippen molar-refractivity contribution >= 4 is 5.91 Å². The first-order chi connectivity index (χ1) is 12.1. The minimum Gasteiger partial charge on any atom is -0.396 e. The van der Waals surface area contributed by atoms with Gasteiger partial charge in [0, 0.05) is 31.3 Å². The Labute approximate surface area is 151 Å². The van der Waals surface area contributed by atoms with Gasteiger partial charge in [0.2, 0.25) is 0 Å². The van der Waals surface area contributed by atoms with Crippen LogP contribution < -0.4 is 0 Å². The first kappa shape index (κ1) is 18.4. The Hall–Kier alpha value is -1.39. The van der Waals surface area contributed by atoms with Crippen molar-refractivity contribution < 1.29 is 9.90 Å². The van der Waals surface area contributed by atoms with Crippen LogP contribution in [-0.4, -0.2) is 53.1 Å². The van der Waals surface area contributed by atoms with E-state index >= 15 is 0 Å². The second-order valence-electron chi connectivity index (χ2n) is 8.09. The van der Waals surface area contributed by atoms with Gasteiger partial charge in [-0.25, -0.2) is 0 Å². The lowest BCUT2D eigenvalue weighted by Gasteiger charge is -2.37. The number of carbonyl (C=O) groups excluding carboxylic acids is 1. The summed E-state index contributed by atoms with van der Waals surface area (Å²) in [5, 5.41) is 9.24. The molecule has 2 aliphatic heterocycles. The lowest BCUT2D eigenvalue weighted by molar-refractivity contribution is 0.0574. The quantitative estimate of drug-likeness (QED) is 0.912. The number of hydrogen-bond donors (Lipinski definition) is 1. The number of benzene rings is 1. The predicted octanol–water partition coefficient (Wildman–Crippen LogP) is 3.15. The third kappa shape index (κ3) is 4.62. The van der Waals surface area contributed by atoms with Crippen LogP contribution in [0.3, 0.4) is 0 Å². The van der Waals surface area contributed by atoms with Gasteiger partial charge in [0.1, 0.15) is 0 Å². The van der Waals surface area contributed by atoms with Crippen LogP contribution in [0.2, 0.25) is 0 Å². The zero-order valence-corrected chi connectivity index (χ0v) is 15.7. The Balaban J connectivity index is 1.57. The summed E-state index contributed by atoms with van der Waals surface area (Å²) < 4.78 is 0. The number of amides is 1. The number of aliphatic hydroxyl groups excluding tert-OH is 1. The van der Waals surface area contributed by atoms with E-state index in [-0.39, 0.29) is 5.91 Å². The molecule has 2 heterocycles. The molecular weight excluding hydrogens is 312 g/mol. The van der Waals surface area contributed by atoms with Gasteiger partial charge in [0.05, 0.1) is 0 Å². The van der Waals surface area contributed by atoms with E-state index in [1.807, 2.05) is 17.0 Å². The monoisotopic (exact) mass is 344 g/mol. The van der Waals surface area contributed by atoms with Crippen molar-refractivity contribution in [1.29, 1.82) is 0 Å². The number of likely N-dealkylation sites (tertiary alicyclic amines) is 2. The van der Waals surface area contributed by atoms with Crippen LogP contribution in [0.4, 0.5) is 0 Å². The van der Waals surface area contributed by atoms with Gasteiger partial charge in [-0.1, -0.05) is 19.1 Å². The van der Waals surface area contributed by atoms with Crippen LogP contribution in [-0.2, 0) is 6.54 Å². The van der Waals surface area contributed by atoms with Crippen molar-refractivity contribution in [2.45, 2.75) is 52.1 Å². The van der Waals surface area contributed by atoms with Crippen molar-refractivity contribution in [1.82, 2.24) is 9.80 Å². The van der Waals surface area contributed by atoms with Gasteiger partial charge in [-0.2, -0.15) is 0 Å². The van der Waals surface area contributed by atoms with Crippen LogP contribution >= 0.6 is 0 Å². The van der Waals surface area contributed by atoms with Crippen LogP contribution in [0, 0.1) is 11.8 Å². The molecule has 25 heavy (non-hydrogen) atoms. The molecule has 1 aromatic rings. The van der Waals surface area contributed by atoms with Gasteiger partial charge in [0.25, 0.3) is 5.91 Å². The lowest BCUT2D eigenvalue weighted by atomic mass is 9.94. The number of hydrogen-bond acceptors (Lipinski definition) is 3. The topological polar surface area (TPSA) is 43.8 Å². The van der Waals surface area contributed by atoms with E-state index in [4.69, 9.17) is 0 Å². The Morgan fingerprint density at radius 1 is 1.08 bits per heavy atom. The molecule has 2 aliphatic rings. The molecule has 1 amide bonds. The van der Waals surface area contributed by atoms with Gasteiger partial charge in [0.15, 0.2) is 0 Å². The summed E-state index contributed by atoms with van der Waals surface area (Å²) in [5.74, 6) is 1.25.